The van der Waals surface area contributed by atoms with Crippen molar-refractivity contribution in [2.45, 2.75) is 0 Å². The van der Waals surface area contributed by atoms with Crippen molar-refractivity contribution in [1.82, 2.24) is 4.40 Å². The lowest BCUT2D eigenvalue weighted by molar-refractivity contribution is 0.0600. The minimum Gasteiger partial charge on any atom is -0.465 e. The summed E-state index contributed by atoms with van der Waals surface area (Å²) in [4.78, 5) is 40.4. The van der Waals surface area contributed by atoms with Gasteiger partial charge < -0.3 is 9.14 Å². The minimum atomic E-state index is -0.564. The van der Waals surface area contributed by atoms with Crippen molar-refractivity contribution < 1.29 is 19.1 Å². The van der Waals surface area contributed by atoms with Gasteiger partial charge in [0.05, 0.1) is 35.4 Å². The maximum absolute atomic E-state index is 14.0. The van der Waals surface area contributed by atoms with Gasteiger partial charge in [-0.1, -0.05) is 72.8 Å². The second-order valence-corrected chi connectivity index (χ2v) is 8.34. The third kappa shape index (κ3) is 4.19. The number of aromatic nitrogens is 1. The van der Waals surface area contributed by atoms with E-state index in [9.17, 15) is 19.6 Å². The molecule has 0 amide bonds. The van der Waals surface area contributed by atoms with Crippen molar-refractivity contribution in [3.63, 3.8) is 0 Å². The second kappa shape index (κ2) is 9.76. The number of nitriles is 1. The van der Waals surface area contributed by atoms with Crippen LogP contribution in [0.15, 0.2) is 103 Å². The summed E-state index contributed by atoms with van der Waals surface area (Å²) >= 11 is 0. The maximum atomic E-state index is 14.0. The molecule has 6 nitrogen and oxygen atoms in total. The molecule has 3 aromatic carbocycles. The highest BCUT2D eigenvalue weighted by molar-refractivity contribution is 6.23. The normalized spacial score (nSPS) is 10.6. The average molecular weight is 485 g/mol. The largest absolute Gasteiger partial charge is 0.465 e. The highest BCUT2D eigenvalue weighted by atomic mass is 16.5. The summed E-state index contributed by atoms with van der Waals surface area (Å²) in [6.07, 6.45) is 1.59. The third-order valence-electron chi connectivity index (χ3n) is 6.15. The second-order valence-electron chi connectivity index (χ2n) is 8.34. The van der Waals surface area contributed by atoms with Crippen LogP contribution >= 0.6 is 0 Å². The SMILES string of the molecule is COC(=O)c1ccn2c(C(=O)c3ccccc3)c(-c3cccc(C#N)c3)c(C(=O)c3ccccc3)c2c1. The molecule has 0 saturated carbocycles. The van der Waals surface area contributed by atoms with E-state index in [4.69, 9.17) is 4.74 Å². The van der Waals surface area contributed by atoms with Crippen molar-refractivity contribution in [1.29, 1.82) is 5.26 Å². The fourth-order valence-corrected chi connectivity index (χ4v) is 4.44. The van der Waals surface area contributed by atoms with E-state index in [1.165, 1.54) is 7.11 Å². The molecule has 5 aromatic rings. The van der Waals surface area contributed by atoms with Crippen LogP contribution < -0.4 is 0 Å². The molecule has 0 fully saturated rings. The molecule has 2 heterocycles. The van der Waals surface area contributed by atoms with Gasteiger partial charge in [-0.3, -0.25) is 9.59 Å². The molecule has 37 heavy (non-hydrogen) atoms. The van der Waals surface area contributed by atoms with Gasteiger partial charge in [-0.05, 0) is 29.8 Å². The number of fused-ring (bicyclic) bond motifs is 1. The zero-order valence-electron chi connectivity index (χ0n) is 19.8. The van der Waals surface area contributed by atoms with Gasteiger partial charge in [0, 0.05) is 22.9 Å². The quantitative estimate of drug-likeness (QED) is 0.227. The first kappa shape index (κ1) is 23.5. The van der Waals surface area contributed by atoms with Crippen LogP contribution in [0.1, 0.15) is 47.9 Å². The van der Waals surface area contributed by atoms with Crippen LogP contribution in [0.25, 0.3) is 16.6 Å². The van der Waals surface area contributed by atoms with Gasteiger partial charge in [-0.15, -0.1) is 0 Å². The van der Waals surface area contributed by atoms with Crippen LogP contribution in [0.2, 0.25) is 0 Å². The van der Waals surface area contributed by atoms with Gasteiger partial charge in [0.15, 0.2) is 5.78 Å². The Morgan fingerprint density at radius 3 is 2.03 bits per heavy atom. The Labute approximate surface area is 213 Å². The fourth-order valence-electron chi connectivity index (χ4n) is 4.44. The lowest BCUT2D eigenvalue weighted by atomic mass is 9.92. The number of hydrogen-bond acceptors (Lipinski definition) is 5. The first-order chi connectivity index (χ1) is 18.0. The van der Waals surface area contributed by atoms with E-state index in [0.29, 0.717) is 33.3 Å². The monoisotopic (exact) mass is 484 g/mol. The highest BCUT2D eigenvalue weighted by Crippen LogP contribution is 2.37. The van der Waals surface area contributed by atoms with Crippen molar-refractivity contribution in [3.05, 3.63) is 137 Å². The molecule has 0 radical (unpaired) electrons. The summed E-state index contributed by atoms with van der Waals surface area (Å²) in [5.41, 5.74) is 3.32. The maximum Gasteiger partial charge on any atom is 0.337 e. The summed E-state index contributed by atoms with van der Waals surface area (Å²) in [6.45, 7) is 0. The van der Waals surface area contributed by atoms with Crippen LogP contribution in [0, 0.1) is 11.3 Å². The number of carbonyl (C=O) groups excluding carboxylic acids is 3. The van der Waals surface area contributed by atoms with E-state index in [1.54, 1.807) is 95.5 Å². The Morgan fingerprint density at radius 2 is 1.41 bits per heavy atom. The lowest BCUT2D eigenvalue weighted by Gasteiger charge is -2.09. The van der Waals surface area contributed by atoms with Crippen LogP contribution in [-0.2, 0) is 4.74 Å². The van der Waals surface area contributed by atoms with E-state index in [2.05, 4.69) is 6.07 Å². The molecule has 0 spiro atoms. The lowest BCUT2D eigenvalue weighted by Crippen LogP contribution is -2.08. The van der Waals surface area contributed by atoms with Crippen molar-refractivity contribution >= 4 is 23.1 Å². The number of hydrogen-bond donors (Lipinski definition) is 0. The molecule has 0 N–H and O–H groups in total. The summed E-state index contributed by atoms with van der Waals surface area (Å²) in [7, 11) is 1.28. The fraction of sp³-hybridized carbons (Fsp3) is 0.0323. The number of ether oxygens (including phenoxy) is 1. The Bertz CT molecular complexity index is 1710. The number of ketones is 2. The van der Waals surface area contributed by atoms with Crippen LogP contribution in [0.5, 0.6) is 0 Å². The zero-order chi connectivity index (χ0) is 25.9. The molecular formula is C31H20N2O4. The number of esters is 1. The smallest absolute Gasteiger partial charge is 0.337 e. The van der Waals surface area contributed by atoms with Gasteiger partial charge >= 0.3 is 5.97 Å². The Morgan fingerprint density at radius 1 is 0.757 bits per heavy atom. The number of rotatable bonds is 6. The molecule has 0 aliphatic rings. The summed E-state index contributed by atoms with van der Waals surface area (Å²) < 4.78 is 6.53. The van der Waals surface area contributed by atoms with Crippen molar-refractivity contribution in [2.75, 3.05) is 7.11 Å². The van der Waals surface area contributed by atoms with E-state index in [-0.39, 0.29) is 28.4 Å². The van der Waals surface area contributed by atoms with Crippen LogP contribution in [0.4, 0.5) is 0 Å². The van der Waals surface area contributed by atoms with Gasteiger partial charge in [0.2, 0.25) is 5.78 Å². The highest BCUT2D eigenvalue weighted by Gasteiger charge is 2.30. The summed E-state index contributed by atoms with van der Waals surface area (Å²) in [5, 5.41) is 9.55. The van der Waals surface area contributed by atoms with E-state index < -0.39 is 5.97 Å². The van der Waals surface area contributed by atoms with Crippen molar-refractivity contribution in [3.8, 4) is 17.2 Å². The summed E-state index contributed by atoms with van der Waals surface area (Å²) in [6, 6.07) is 29.5. The third-order valence-corrected chi connectivity index (χ3v) is 6.15. The van der Waals surface area contributed by atoms with E-state index in [1.807, 2.05) is 12.1 Å². The molecule has 0 atom stereocenters. The van der Waals surface area contributed by atoms with Crippen LogP contribution in [0.3, 0.4) is 0 Å². The molecule has 0 bridgehead atoms. The number of nitrogens with zero attached hydrogens (tertiary/aromatic N) is 2. The molecule has 0 aliphatic carbocycles. The van der Waals surface area contributed by atoms with Crippen LogP contribution in [-0.4, -0.2) is 29.0 Å². The number of carbonyl (C=O) groups is 3. The molecule has 0 aliphatic heterocycles. The Kier molecular flexibility index (Phi) is 6.19. The molecule has 178 valence electrons. The summed E-state index contributed by atoms with van der Waals surface area (Å²) in [5.74, 6) is -1.18. The Balaban J connectivity index is 1.92. The predicted octanol–water partition coefficient (Wildman–Crippen LogP) is 5.73. The van der Waals surface area contributed by atoms with Gasteiger partial charge in [0.1, 0.15) is 5.69 Å². The molecule has 6 heteroatoms. The van der Waals surface area contributed by atoms with Crippen molar-refractivity contribution in [2.24, 2.45) is 0 Å². The van der Waals surface area contributed by atoms with Gasteiger partial charge in [-0.2, -0.15) is 5.26 Å². The molecule has 0 unspecified atom stereocenters. The first-order valence-corrected chi connectivity index (χ1v) is 11.5. The standard InChI is InChI=1S/C31H20N2O4/c1-37-31(36)24-15-16-33-25(18-24)27(29(34)21-10-4-2-5-11-21)26(23-14-8-9-20(17-23)19-32)28(33)30(35)22-12-6-3-7-13-22/h2-18H,1H3. The molecular weight excluding hydrogens is 464 g/mol. The number of methoxy groups -OCH3 is 1. The number of pyridine rings is 1. The zero-order valence-corrected chi connectivity index (χ0v) is 19.8. The van der Waals surface area contributed by atoms with Gasteiger partial charge in [-0.25, -0.2) is 4.79 Å². The van der Waals surface area contributed by atoms with E-state index >= 15 is 0 Å². The predicted molar refractivity (Wildman–Crippen MR) is 139 cm³/mol. The van der Waals surface area contributed by atoms with E-state index in [0.717, 1.165) is 0 Å². The minimum absolute atomic E-state index is 0.241. The number of benzene rings is 3. The first-order valence-electron chi connectivity index (χ1n) is 11.5. The average Bonchev–Trinajstić information content (AvgIpc) is 3.31. The topological polar surface area (TPSA) is 88.6 Å². The van der Waals surface area contributed by atoms with Gasteiger partial charge in [0.25, 0.3) is 0 Å². The molecule has 2 aromatic heterocycles. The molecule has 0 saturated heterocycles. The Hall–Kier alpha value is -5.28. The molecule has 5 rings (SSSR count).